The fraction of sp³-hybridized carbons (Fsp3) is 0. The van der Waals surface area contributed by atoms with Gasteiger partial charge in [0.25, 0.3) is 0 Å². The molecular formula is C74H46N6. The van der Waals surface area contributed by atoms with Gasteiger partial charge >= 0.3 is 0 Å². The molecule has 0 aliphatic heterocycles. The summed E-state index contributed by atoms with van der Waals surface area (Å²) in [5.41, 5.74) is 22.0. The minimum Gasteiger partial charge on any atom is -0.309 e. The average Bonchev–Trinajstić information content (AvgIpc) is 4.29. The number of aromatic nitrogens is 6. The molecule has 0 radical (unpaired) electrons. The van der Waals surface area contributed by atoms with Gasteiger partial charge in [0.1, 0.15) is 0 Å². The molecule has 6 heterocycles. The van der Waals surface area contributed by atoms with E-state index in [4.69, 9.17) is 9.97 Å². The van der Waals surface area contributed by atoms with Gasteiger partial charge in [0.05, 0.1) is 67.1 Å². The third kappa shape index (κ3) is 6.72. The van der Waals surface area contributed by atoms with Gasteiger partial charge in [-0.1, -0.05) is 158 Å². The zero-order valence-corrected chi connectivity index (χ0v) is 43.2. The number of nitrogens with zero attached hydrogens (tertiary/aromatic N) is 6. The summed E-state index contributed by atoms with van der Waals surface area (Å²) in [5, 5.41) is 9.73. The Labute approximate surface area is 459 Å². The van der Waals surface area contributed by atoms with Crippen molar-refractivity contribution < 1.29 is 0 Å². The fourth-order valence-electron chi connectivity index (χ4n) is 13.0. The number of fused-ring (bicyclic) bond motifs is 13. The first kappa shape index (κ1) is 44.3. The zero-order valence-electron chi connectivity index (χ0n) is 43.2. The van der Waals surface area contributed by atoms with E-state index in [2.05, 4.69) is 279 Å². The lowest BCUT2D eigenvalue weighted by Gasteiger charge is -2.15. The molecule has 0 bridgehead atoms. The maximum absolute atomic E-state index is 5.01. The topological polar surface area (TPSA) is 45.5 Å². The van der Waals surface area contributed by atoms with Crippen molar-refractivity contribution in [2.24, 2.45) is 0 Å². The second kappa shape index (κ2) is 17.3. The second-order valence-corrected chi connectivity index (χ2v) is 21.0. The van der Waals surface area contributed by atoms with Gasteiger partial charge in [0.15, 0.2) is 0 Å². The summed E-state index contributed by atoms with van der Waals surface area (Å²) in [6.45, 7) is 0. The molecule has 6 heteroatoms. The fourth-order valence-corrected chi connectivity index (χ4v) is 13.0. The lowest BCUT2D eigenvalue weighted by Crippen LogP contribution is -1.98. The van der Waals surface area contributed by atoms with Gasteiger partial charge in [-0.05, 0) is 137 Å². The Hall–Kier alpha value is -10.8. The van der Waals surface area contributed by atoms with E-state index in [1.807, 2.05) is 18.5 Å². The van der Waals surface area contributed by atoms with Gasteiger partial charge in [-0.3, -0.25) is 9.97 Å². The molecule has 17 aromatic rings. The highest BCUT2D eigenvalue weighted by Gasteiger charge is 2.20. The van der Waals surface area contributed by atoms with Crippen molar-refractivity contribution in [3.8, 4) is 56.1 Å². The van der Waals surface area contributed by atoms with E-state index in [-0.39, 0.29) is 0 Å². The van der Waals surface area contributed by atoms with Crippen LogP contribution in [0.15, 0.2) is 279 Å². The highest BCUT2D eigenvalue weighted by Crippen LogP contribution is 2.42. The molecule has 6 aromatic heterocycles. The monoisotopic (exact) mass is 1020 g/mol. The van der Waals surface area contributed by atoms with E-state index in [0.717, 1.165) is 83.7 Å². The predicted octanol–water partition coefficient (Wildman–Crippen LogP) is 19.0. The van der Waals surface area contributed by atoms with Crippen LogP contribution in [0.3, 0.4) is 0 Å². The van der Waals surface area contributed by atoms with Gasteiger partial charge in [-0.25, -0.2) is 0 Å². The van der Waals surface area contributed by atoms with E-state index >= 15 is 0 Å². The van der Waals surface area contributed by atoms with E-state index in [9.17, 15) is 0 Å². The van der Waals surface area contributed by atoms with E-state index in [0.29, 0.717) is 0 Å². The lowest BCUT2D eigenvalue weighted by atomic mass is 9.96. The minimum absolute atomic E-state index is 0.853. The first-order valence-corrected chi connectivity index (χ1v) is 27.3. The highest BCUT2D eigenvalue weighted by atomic mass is 15.0. The molecule has 0 fully saturated rings. The molecule has 0 aliphatic rings. The molecule has 0 saturated heterocycles. The summed E-state index contributed by atoms with van der Waals surface area (Å²) < 4.78 is 9.61. The summed E-state index contributed by atoms with van der Waals surface area (Å²) in [6.07, 6.45) is 3.94. The van der Waals surface area contributed by atoms with Crippen molar-refractivity contribution in [3.63, 3.8) is 0 Å². The third-order valence-corrected chi connectivity index (χ3v) is 16.6. The van der Waals surface area contributed by atoms with Crippen LogP contribution in [0, 0.1) is 0 Å². The van der Waals surface area contributed by atoms with Gasteiger partial charge in [-0.2, -0.15) is 0 Å². The Morgan fingerprint density at radius 3 is 1.04 bits per heavy atom. The maximum Gasteiger partial charge on any atom is 0.0908 e. The molecule has 17 rings (SSSR count). The third-order valence-electron chi connectivity index (χ3n) is 16.6. The van der Waals surface area contributed by atoms with Crippen LogP contribution < -0.4 is 0 Å². The standard InChI is InChI=1S/C74H46N6/c1-2-17-47(18-3-1)52-42-65-66(75-45-52)44-56(46-76-65)80-72-32-15-9-26-62(72)64-41-49(34-36-74(64)80)51-37-50(38-55(39-51)79-69-29-12-6-23-59(69)60-24-7-13-30-70(60)79)48-33-35-73-63(40-48)61-25-8-14-31-71(61)78(73)54-20-16-19-53(43-54)77-67-27-10-4-21-57(67)58-22-5-11-28-68(58)77/h1-46H. The molecule has 11 aromatic carbocycles. The average molecular weight is 1020 g/mol. The van der Waals surface area contributed by atoms with Crippen LogP contribution >= 0.6 is 0 Å². The van der Waals surface area contributed by atoms with Crippen LogP contribution in [-0.4, -0.2) is 28.2 Å². The molecule has 6 nitrogen and oxygen atoms in total. The summed E-state index contributed by atoms with van der Waals surface area (Å²) >= 11 is 0. The molecule has 80 heavy (non-hydrogen) atoms. The summed E-state index contributed by atoms with van der Waals surface area (Å²) in [6, 6.07) is 97.4. The smallest absolute Gasteiger partial charge is 0.0908 e. The number of pyridine rings is 2. The SMILES string of the molecule is c1ccc(-c2cnc3cc(-n4c5ccccc5c5cc(-c6cc(-c7ccc8c(c7)c7ccccc7n8-c7cccc(-n8c9ccccc9c9ccccc98)c7)cc(-n7c8ccccc8c8ccccc87)c6)ccc54)cnc3c2)cc1. The van der Waals surface area contributed by atoms with Crippen molar-refractivity contribution in [1.82, 2.24) is 28.2 Å². The molecule has 0 saturated carbocycles. The van der Waals surface area contributed by atoms with E-state index in [1.165, 1.54) is 70.7 Å². The summed E-state index contributed by atoms with van der Waals surface area (Å²) in [4.78, 5) is 9.95. The number of hydrogen-bond acceptors (Lipinski definition) is 2. The molecule has 0 atom stereocenters. The molecule has 0 unspecified atom stereocenters. The highest BCUT2D eigenvalue weighted by molar-refractivity contribution is 6.14. The van der Waals surface area contributed by atoms with E-state index in [1.54, 1.807) is 0 Å². The van der Waals surface area contributed by atoms with Gasteiger partial charge in [0.2, 0.25) is 0 Å². The van der Waals surface area contributed by atoms with Crippen LogP contribution in [-0.2, 0) is 0 Å². The van der Waals surface area contributed by atoms with Gasteiger partial charge < -0.3 is 18.3 Å². The molecule has 372 valence electrons. The Kier molecular flexibility index (Phi) is 9.61. The number of hydrogen-bond donors (Lipinski definition) is 0. The lowest BCUT2D eigenvalue weighted by molar-refractivity contribution is 1.13. The maximum atomic E-state index is 5.01. The Morgan fingerprint density at radius 2 is 0.562 bits per heavy atom. The van der Waals surface area contributed by atoms with Crippen LogP contribution in [0.2, 0.25) is 0 Å². The molecule has 0 spiro atoms. The van der Waals surface area contributed by atoms with Crippen LogP contribution in [0.5, 0.6) is 0 Å². The summed E-state index contributed by atoms with van der Waals surface area (Å²) in [5.74, 6) is 0. The van der Waals surface area contributed by atoms with Crippen molar-refractivity contribution in [1.29, 1.82) is 0 Å². The van der Waals surface area contributed by atoms with Crippen molar-refractivity contribution in [2.75, 3.05) is 0 Å². The summed E-state index contributed by atoms with van der Waals surface area (Å²) in [7, 11) is 0. The first-order chi connectivity index (χ1) is 39.7. The van der Waals surface area contributed by atoms with Crippen molar-refractivity contribution >= 4 is 98.3 Å². The predicted molar refractivity (Wildman–Crippen MR) is 333 cm³/mol. The van der Waals surface area contributed by atoms with Crippen molar-refractivity contribution in [2.45, 2.75) is 0 Å². The van der Waals surface area contributed by atoms with Crippen LogP contribution in [0.1, 0.15) is 0 Å². The van der Waals surface area contributed by atoms with Gasteiger partial charge in [-0.15, -0.1) is 0 Å². The second-order valence-electron chi connectivity index (χ2n) is 21.0. The van der Waals surface area contributed by atoms with E-state index < -0.39 is 0 Å². The van der Waals surface area contributed by atoms with Crippen molar-refractivity contribution in [3.05, 3.63) is 279 Å². The zero-order chi connectivity index (χ0) is 52.4. The van der Waals surface area contributed by atoms with Crippen LogP contribution in [0.25, 0.3) is 154 Å². The first-order valence-electron chi connectivity index (χ1n) is 27.3. The molecule has 0 N–H and O–H groups in total. The Bertz CT molecular complexity index is 5270. The van der Waals surface area contributed by atoms with Gasteiger partial charge in [0, 0.05) is 71.9 Å². The largest absolute Gasteiger partial charge is 0.309 e. The number of rotatable bonds is 7. The molecule has 0 amide bonds. The number of benzene rings is 11. The Morgan fingerprint density at radius 1 is 0.188 bits per heavy atom. The normalized spacial score (nSPS) is 12.0. The molecule has 0 aliphatic carbocycles. The molecular weight excluding hydrogens is 973 g/mol. The van der Waals surface area contributed by atoms with Crippen LogP contribution in [0.4, 0.5) is 0 Å². The quantitative estimate of drug-likeness (QED) is 0.160. The minimum atomic E-state index is 0.853. The Balaban J connectivity index is 0.838. The number of para-hydroxylation sites is 6.